The van der Waals surface area contributed by atoms with E-state index in [1.807, 2.05) is 4.90 Å². The predicted molar refractivity (Wildman–Crippen MR) is 73.8 cm³/mol. The van der Waals surface area contributed by atoms with E-state index in [0.717, 1.165) is 32.2 Å². The third-order valence-corrected chi connectivity index (χ3v) is 3.84. The highest BCUT2D eigenvalue weighted by Crippen LogP contribution is 2.24. The molecular weight excluding hydrogens is 266 g/mol. The van der Waals surface area contributed by atoms with Crippen LogP contribution in [0.3, 0.4) is 0 Å². The lowest BCUT2D eigenvalue weighted by Crippen LogP contribution is -2.35. The van der Waals surface area contributed by atoms with Gasteiger partial charge in [-0.15, -0.1) is 11.6 Å². The van der Waals surface area contributed by atoms with E-state index in [1.165, 1.54) is 0 Å². The quantitative estimate of drug-likeness (QED) is 0.778. The number of hydrogen-bond donors (Lipinski definition) is 0. The lowest BCUT2D eigenvalue weighted by molar-refractivity contribution is 0.0723. The van der Waals surface area contributed by atoms with E-state index in [4.69, 9.17) is 16.3 Å². The van der Waals surface area contributed by atoms with Crippen molar-refractivity contribution in [3.63, 3.8) is 0 Å². The molecule has 1 aliphatic rings. The first-order valence-corrected chi connectivity index (χ1v) is 7.15. The molecule has 1 aliphatic heterocycles. The normalized spacial score (nSPS) is 18.9. The Hall–Kier alpha value is -1.23. The zero-order valence-electron chi connectivity index (χ0n) is 11.4. The van der Waals surface area contributed by atoms with Gasteiger partial charge in [-0.2, -0.15) is 5.10 Å². The molecule has 5 nitrogen and oxygen atoms in total. The molecule has 1 saturated heterocycles. The van der Waals surface area contributed by atoms with Crippen LogP contribution in [0.5, 0.6) is 5.88 Å². The van der Waals surface area contributed by atoms with Crippen LogP contribution < -0.4 is 4.74 Å². The molecule has 1 atom stereocenters. The molecule has 0 spiro atoms. The molecule has 2 heterocycles. The molecule has 0 N–H and O–H groups in total. The minimum absolute atomic E-state index is 0.00373. The molecular formula is C13H20ClN3O2. The number of aryl methyl sites for hydroxylation is 1. The number of hydrogen-bond acceptors (Lipinski definition) is 3. The highest BCUT2D eigenvalue weighted by Gasteiger charge is 2.30. The maximum Gasteiger partial charge on any atom is 0.274 e. The summed E-state index contributed by atoms with van der Waals surface area (Å²) in [5, 5.41) is 4.22. The third kappa shape index (κ3) is 3.03. The van der Waals surface area contributed by atoms with E-state index in [2.05, 4.69) is 5.10 Å². The first kappa shape index (κ1) is 14.2. The average Bonchev–Trinajstić information content (AvgIpc) is 3.01. The van der Waals surface area contributed by atoms with Crippen molar-refractivity contribution in [2.75, 3.05) is 19.5 Å². The lowest BCUT2D eigenvalue weighted by Gasteiger charge is -2.23. The number of alkyl halides is 1. The molecule has 1 unspecified atom stereocenters. The molecule has 19 heavy (non-hydrogen) atoms. The van der Waals surface area contributed by atoms with Gasteiger partial charge in [-0.3, -0.25) is 4.79 Å². The molecule has 1 aromatic heterocycles. The summed E-state index contributed by atoms with van der Waals surface area (Å²) >= 11 is 5.73. The molecule has 1 fully saturated rings. The van der Waals surface area contributed by atoms with Gasteiger partial charge in [0.25, 0.3) is 5.91 Å². The Morgan fingerprint density at radius 2 is 2.42 bits per heavy atom. The SMILES string of the molecule is COc1cc(C(=O)N2CCCC2CCCCl)nn1C. The third-order valence-electron chi connectivity index (χ3n) is 3.57. The number of rotatable bonds is 5. The van der Waals surface area contributed by atoms with Crippen LogP contribution >= 0.6 is 11.6 Å². The Kier molecular flexibility index (Phi) is 4.69. The summed E-state index contributed by atoms with van der Waals surface area (Å²) in [6.45, 7) is 0.810. The van der Waals surface area contributed by atoms with E-state index in [9.17, 15) is 4.79 Å². The lowest BCUT2D eigenvalue weighted by atomic mass is 10.1. The number of carbonyl (C=O) groups is 1. The summed E-state index contributed by atoms with van der Waals surface area (Å²) in [5.74, 6) is 1.24. The molecule has 1 aromatic rings. The fourth-order valence-corrected chi connectivity index (χ4v) is 2.76. The fraction of sp³-hybridized carbons (Fsp3) is 0.692. The van der Waals surface area contributed by atoms with Crippen molar-refractivity contribution in [2.24, 2.45) is 7.05 Å². The van der Waals surface area contributed by atoms with Crippen molar-refractivity contribution in [3.05, 3.63) is 11.8 Å². The Labute approximate surface area is 118 Å². The number of methoxy groups -OCH3 is 1. The van der Waals surface area contributed by atoms with Gasteiger partial charge in [-0.1, -0.05) is 0 Å². The zero-order valence-corrected chi connectivity index (χ0v) is 12.2. The number of nitrogens with zero attached hydrogens (tertiary/aromatic N) is 3. The standard InChI is InChI=1S/C13H20ClN3O2/c1-16-12(19-2)9-11(15-16)13(18)17-8-4-6-10(17)5-3-7-14/h9-10H,3-8H2,1-2H3. The van der Waals surface area contributed by atoms with Gasteiger partial charge >= 0.3 is 0 Å². The van der Waals surface area contributed by atoms with Gasteiger partial charge < -0.3 is 9.64 Å². The molecule has 1 amide bonds. The topological polar surface area (TPSA) is 47.4 Å². The van der Waals surface area contributed by atoms with Crippen molar-refractivity contribution >= 4 is 17.5 Å². The highest BCUT2D eigenvalue weighted by molar-refractivity contribution is 6.17. The van der Waals surface area contributed by atoms with E-state index >= 15 is 0 Å². The minimum atomic E-state index is -0.00373. The number of aromatic nitrogens is 2. The van der Waals surface area contributed by atoms with Crippen LogP contribution in [-0.2, 0) is 7.05 Å². The van der Waals surface area contributed by atoms with Crippen LogP contribution in [0.15, 0.2) is 6.07 Å². The van der Waals surface area contributed by atoms with E-state index in [1.54, 1.807) is 24.9 Å². The van der Waals surface area contributed by atoms with Gasteiger partial charge in [0, 0.05) is 31.6 Å². The first-order valence-electron chi connectivity index (χ1n) is 6.62. The number of ether oxygens (including phenoxy) is 1. The Balaban J connectivity index is 2.09. The first-order chi connectivity index (χ1) is 9.17. The molecule has 0 saturated carbocycles. The minimum Gasteiger partial charge on any atom is -0.481 e. The second kappa shape index (κ2) is 6.28. The molecule has 2 rings (SSSR count). The summed E-state index contributed by atoms with van der Waals surface area (Å²) in [6, 6.07) is 2.00. The fourth-order valence-electron chi connectivity index (χ4n) is 2.61. The van der Waals surface area contributed by atoms with Crippen LogP contribution in [-0.4, -0.2) is 46.2 Å². The summed E-state index contributed by atoms with van der Waals surface area (Å²) in [4.78, 5) is 14.4. The van der Waals surface area contributed by atoms with Crippen LogP contribution in [0.1, 0.15) is 36.2 Å². The summed E-state index contributed by atoms with van der Waals surface area (Å²) in [5.41, 5.74) is 0.456. The monoisotopic (exact) mass is 285 g/mol. The van der Waals surface area contributed by atoms with Crippen LogP contribution in [0, 0.1) is 0 Å². The van der Waals surface area contributed by atoms with E-state index in [0.29, 0.717) is 23.5 Å². The van der Waals surface area contributed by atoms with Gasteiger partial charge in [0.1, 0.15) is 0 Å². The van der Waals surface area contributed by atoms with Crippen molar-refractivity contribution in [1.82, 2.24) is 14.7 Å². The van der Waals surface area contributed by atoms with Gasteiger partial charge in [0.05, 0.1) is 7.11 Å². The summed E-state index contributed by atoms with van der Waals surface area (Å²) in [7, 11) is 3.34. The Morgan fingerprint density at radius 3 is 3.05 bits per heavy atom. The summed E-state index contributed by atoms with van der Waals surface area (Å²) in [6.07, 6.45) is 4.04. The largest absolute Gasteiger partial charge is 0.481 e. The van der Waals surface area contributed by atoms with Crippen LogP contribution in [0.25, 0.3) is 0 Å². The second-order valence-corrected chi connectivity index (χ2v) is 5.20. The number of amides is 1. The maximum atomic E-state index is 12.5. The Morgan fingerprint density at radius 1 is 1.63 bits per heavy atom. The van der Waals surface area contributed by atoms with E-state index in [-0.39, 0.29) is 5.91 Å². The van der Waals surface area contributed by atoms with Crippen LogP contribution in [0.2, 0.25) is 0 Å². The van der Waals surface area contributed by atoms with Crippen molar-refractivity contribution in [3.8, 4) is 5.88 Å². The smallest absolute Gasteiger partial charge is 0.274 e. The van der Waals surface area contributed by atoms with E-state index < -0.39 is 0 Å². The van der Waals surface area contributed by atoms with Gasteiger partial charge in [-0.25, -0.2) is 4.68 Å². The number of carbonyl (C=O) groups excluding carboxylic acids is 1. The van der Waals surface area contributed by atoms with Crippen molar-refractivity contribution < 1.29 is 9.53 Å². The maximum absolute atomic E-state index is 12.5. The van der Waals surface area contributed by atoms with Gasteiger partial charge in [0.15, 0.2) is 5.69 Å². The molecule has 0 bridgehead atoms. The van der Waals surface area contributed by atoms with Gasteiger partial charge in [-0.05, 0) is 25.7 Å². The van der Waals surface area contributed by atoms with Crippen molar-refractivity contribution in [2.45, 2.75) is 31.7 Å². The average molecular weight is 286 g/mol. The molecule has 6 heteroatoms. The van der Waals surface area contributed by atoms with Crippen LogP contribution in [0.4, 0.5) is 0 Å². The van der Waals surface area contributed by atoms with Gasteiger partial charge in [0.2, 0.25) is 5.88 Å². The van der Waals surface area contributed by atoms with Crippen molar-refractivity contribution in [1.29, 1.82) is 0 Å². The molecule has 0 aliphatic carbocycles. The number of halogens is 1. The highest BCUT2D eigenvalue weighted by atomic mass is 35.5. The molecule has 106 valence electrons. The number of likely N-dealkylation sites (tertiary alicyclic amines) is 1. The zero-order chi connectivity index (χ0) is 13.8. The summed E-state index contributed by atoms with van der Waals surface area (Å²) < 4.78 is 6.72. The predicted octanol–water partition coefficient (Wildman–Crippen LogP) is 2.05. The molecule has 0 radical (unpaired) electrons. The Bertz CT molecular complexity index is 447. The molecule has 0 aromatic carbocycles. The second-order valence-electron chi connectivity index (χ2n) is 4.82.